The molecule has 0 radical (unpaired) electrons. The second-order valence-electron chi connectivity index (χ2n) is 6.60. The number of anilines is 1. The normalized spacial score (nSPS) is 10.7. The van der Waals surface area contributed by atoms with E-state index in [2.05, 4.69) is 5.32 Å². The lowest BCUT2D eigenvalue weighted by atomic mass is 10.2. The zero-order chi connectivity index (χ0) is 21.4. The van der Waals surface area contributed by atoms with Gasteiger partial charge in [0.05, 0.1) is 20.2 Å². The van der Waals surface area contributed by atoms with Crippen LogP contribution < -0.4 is 10.1 Å². The number of halogens is 2. The SMILES string of the molecule is CCN(Cc1ccc(OC)c(F)c1)C(=O)CN(C)CC(=O)Nc1ccc(F)cc1. The van der Waals surface area contributed by atoms with E-state index in [0.717, 1.165) is 0 Å². The Morgan fingerprint density at radius 1 is 1.07 bits per heavy atom. The van der Waals surface area contributed by atoms with E-state index in [4.69, 9.17) is 4.74 Å². The number of carbonyl (C=O) groups is 2. The summed E-state index contributed by atoms with van der Waals surface area (Å²) < 4.78 is 31.7. The molecular weight excluding hydrogens is 380 g/mol. The van der Waals surface area contributed by atoms with Crippen LogP contribution in [-0.4, -0.2) is 55.4 Å². The van der Waals surface area contributed by atoms with Crippen molar-refractivity contribution in [1.29, 1.82) is 0 Å². The van der Waals surface area contributed by atoms with Crippen molar-refractivity contribution in [2.45, 2.75) is 13.5 Å². The Balaban J connectivity index is 1.88. The summed E-state index contributed by atoms with van der Waals surface area (Å²) in [7, 11) is 3.05. The second-order valence-corrected chi connectivity index (χ2v) is 6.60. The Labute approximate surface area is 169 Å². The van der Waals surface area contributed by atoms with Gasteiger partial charge in [-0.3, -0.25) is 14.5 Å². The van der Waals surface area contributed by atoms with Gasteiger partial charge < -0.3 is 15.0 Å². The lowest BCUT2D eigenvalue weighted by Gasteiger charge is -2.24. The smallest absolute Gasteiger partial charge is 0.238 e. The summed E-state index contributed by atoms with van der Waals surface area (Å²) in [5.74, 6) is -1.21. The van der Waals surface area contributed by atoms with Gasteiger partial charge in [0.15, 0.2) is 11.6 Å². The van der Waals surface area contributed by atoms with Crippen LogP contribution in [0.5, 0.6) is 5.75 Å². The minimum atomic E-state index is -0.483. The Morgan fingerprint density at radius 3 is 2.34 bits per heavy atom. The highest BCUT2D eigenvalue weighted by Gasteiger charge is 2.17. The maximum atomic E-state index is 13.9. The number of nitrogens with zero attached hydrogens (tertiary/aromatic N) is 2. The minimum absolute atomic E-state index is 0.00215. The van der Waals surface area contributed by atoms with E-state index in [9.17, 15) is 18.4 Å². The third-order valence-electron chi connectivity index (χ3n) is 4.27. The summed E-state index contributed by atoms with van der Waals surface area (Å²) in [5, 5.41) is 2.65. The van der Waals surface area contributed by atoms with E-state index in [1.54, 1.807) is 22.9 Å². The Morgan fingerprint density at radius 2 is 1.76 bits per heavy atom. The molecule has 1 N–H and O–H groups in total. The second kappa shape index (κ2) is 10.5. The van der Waals surface area contributed by atoms with Crippen LogP contribution in [0.25, 0.3) is 0 Å². The van der Waals surface area contributed by atoms with Crippen molar-refractivity contribution in [3.05, 3.63) is 59.7 Å². The monoisotopic (exact) mass is 405 g/mol. The fraction of sp³-hybridized carbons (Fsp3) is 0.333. The van der Waals surface area contributed by atoms with E-state index in [1.807, 2.05) is 6.92 Å². The average Bonchev–Trinajstić information content (AvgIpc) is 2.67. The Bertz CT molecular complexity index is 844. The highest BCUT2D eigenvalue weighted by Crippen LogP contribution is 2.18. The molecule has 0 fully saturated rings. The maximum Gasteiger partial charge on any atom is 0.238 e. The number of methoxy groups -OCH3 is 1. The van der Waals surface area contributed by atoms with Gasteiger partial charge in [0.2, 0.25) is 11.8 Å². The molecule has 0 atom stereocenters. The fourth-order valence-electron chi connectivity index (χ4n) is 2.77. The molecule has 156 valence electrons. The summed E-state index contributed by atoms with van der Waals surface area (Å²) >= 11 is 0. The summed E-state index contributed by atoms with van der Waals surface area (Å²) in [6, 6.07) is 10.0. The fourth-order valence-corrected chi connectivity index (χ4v) is 2.77. The van der Waals surface area contributed by atoms with E-state index < -0.39 is 5.82 Å². The lowest BCUT2D eigenvalue weighted by Crippen LogP contribution is -2.41. The first-order valence-electron chi connectivity index (χ1n) is 9.16. The number of ether oxygens (including phenoxy) is 1. The number of amides is 2. The van der Waals surface area contributed by atoms with E-state index >= 15 is 0 Å². The molecule has 6 nitrogen and oxygen atoms in total. The molecule has 0 saturated carbocycles. The van der Waals surface area contributed by atoms with Crippen LogP contribution in [0, 0.1) is 11.6 Å². The van der Waals surface area contributed by atoms with Gasteiger partial charge in [-0.05, 0) is 55.9 Å². The van der Waals surface area contributed by atoms with Gasteiger partial charge in [0, 0.05) is 18.8 Å². The third-order valence-corrected chi connectivity index (χ3v) is 4.27. The van der Waals surface area contributed by atoms with Crippen molar-refractivity contribution in [3.8, 4) is 5.75 Å². The first kappa shape index (κ1) is 22.3. The van der Waals surface area contributed by atoms with Crippen LogP contribution in [0.3, 0.4) is 0 Å². The van der Waals surface area contributed by atoms with E-state index in [0.29, 0.717) is 17.8 Å². The van der Waals surface area contributed by atoms with Crippen molar-refractivity contribution in [1.82, 2.24) is 9.80 Å². The highest BCUT2D eigenvalue weighted by atomic mass is 19.1. The summed E-state index contributed by atoms with van der Waals surface area (Å²) in [6.45, 7) is 2.56. The number of nitrogens with one attached hydrogen (secondary N) is 1. The topological polar surface area (TPSA) is 61.9 Å². The van der Waals surface area contributed by atoms with Crippen LogP contribution in [0.1, 0.15) is 12.5 Å². The molecule has 29 heavy (non-hydrogen) atoms. The molecule has 2 aromatic carbocycles. The van der Waals surface area contributed by atoms with Crippen LogP contribution in [0.15, 0.2) is 42.5 Å². The molecule has 2 amide bonds. The van der Waals surface area contributed by atoms with Crippen molar-refractivity contribution in [2.75, 3.05) is 39.1 Å². The largest absolute Gasteiger partial charge is 0.494 e. The van der Waals surface area contributed by atoms with Gasteiger partial charge in [-0.1, -0.05) is 6.07 Å². The Hall–Kier alpha value is -3.00. The van der Waals surface area contributed by atoms with Crippen molar-refractivity contribution in [2.24, 2.45) is 0 Å². The molecule has 2 aromatic rings. The molecule has 0 spiro atoms. The molecular formula is C21H25F2N3O3. The van der Waals surface area contributed by atoms with Gasteiger partial charge in [-0.2, -0.15) is 0 Å². The first-order valence-corrected chi connectivity index (χ1v) is 9.16. The van der Waals surface area contributed by atoms with Crippen LogP contribution in [-0.2, 0) is 16.1 Å². The molecule has 8 heteroatoms. The van der Waals surface area contributed by atoms with Crippen molar-refractivity contribution in [3.63, 3.8) is 0 Å². The summed E-state index contributed by atoms with van der Waals surface area (Å²) in [5.41, 5.74) is 1.13. The highest BCUT2D eigenvalue weighted by molar-refractivity contribution is 5.92. The van der Waals surface area contributed by atoms with Crippen LogP contribution in [0.4, 0.5) is 14.5 Å². The standard InChI is InChI=1S/C21H25F2N3O3/c1-4-26(12-15-5-10-19(29-3)18(23)11-15)21(28)14-25(2)13-20(27)24-17-8-6-16(22)7-9-17/h5-11H,4,12-14H2,1-3H3,(H,24,27). The number of hydrogen-bond acceptors (Lipinski definition) is 4. The maximum absolute atomic E-state index is 13.9. The Kier molecular flexibility index (Phi) is 8.09. The van der Waals surface area contributed by atoms with Gasteiger partial charge in [-0.25, -0.2) is 8.78 Å². The summed E-state index contributed by atoms with van der Waals surface area (Å²) in [6.07, 6.45) is 0. The summed E-state index contributed by atoms with van der Waals surface area (Å²) in [4.78, 5) is 27.8. The zero-order valence-electron chi connectivity index (χ0n) is 16.7. The van der Waals surface area contributed by atoms with Gasteiger partial charge in [0.1, 0.15) is 5.82 Å². The molecule has 0 unspecified atom stereocenters. The lowest BCUT2D eigenvalue weighted by molar-refractivity contribution is -0.132. The van der Waals surface area contributed by atoms with Gasteiger partial charge >= 0.3 is 0 Å². The molecule has 2 rings (SSSR count). The molecule has 0 aliphatic heterocycles. The minimum Gasteiger partial charge on any atom is -0.494 e. The third kappa shape index (κ3) is 6.83. The molecule has 0 aromatic heterocycles. The quantitative estimate of drug-likeness (QED) is 0.697. The van der Waals surface area contributed by atoms with E-state index in [-0.39, 0.29) is 43.0 Å². The van der Waals surface area contributed by atoms with E-state index in [1.165, 1.54) is 43.5 Å². The molecule has 0 saturated heterocycles. The van der Waals surface area contributed by atoms with Crippen LogP contribution in [0.2, 0.25) is 0 Å². The predicted octanol–water partition coefficient (Wildman–Crippen LogP) is 2.89. The van der Waals surface area contributed by atoms with Gasteiger partial charge in [-0.15, -0.1) is 0 Å². The molecule has 0 aliphatic carbocycles. The van der Waals surface area contributed by atoms with Crippen LogP contribution >= 0.6 is 0 Å². The molecule has 0 aliphatic rings. The van der Waals surface area contributed by atoms with Crippen molar-refractivity contribution < 1.29 is 23.1 Å². The number of carbonyl (C=O) groups excluding carboxylic acids is 2. The first-order chi connectivity index (χ1) is 13.8. The molecule has 0 heterocycles. The zero-order valence-corrected chi connectivity index (χ0v) is 16.7. The average molecular weight is 405 g/mol. The number of hydrogen-bond donors (Lipinski definition) is 1. The number of likely N-dealkylation sites (N-methyl/N-ethyl adjacent to an activating group) is 2. The van der Waals surface area contributed by atoms with Gasteiger partial charge in [0.25, 0.3) is 0 Å². The van der Waals surface area contributed by atoms with Crippen molar-refractivity contribution >= 4 is 17.5 Å². The number of rotatable bonds is 9. The number of benzene rings is 2. The molecule has 0 bridgehead atoms. The predicted molar refractivity (Wildman–Crippen MR) is 107 cm³/mol.